The number of nitrogens with zero attached hydrogens (tertiary/aromatic N) is 4. The molecule has 124 valence electrons. The van der Waals surface area contributed by atoms with Crippen molar-refractivity contribution in [1.29, 1.82) is 0 Å². The Bertz CT molecular complexity index is 919. The van der Waals surface area contributed by atoms with Crippen molar-refractivity contribution in [3.8, 4) is 0 Å². The number of carbonyl (C=O) groups is 1. The highest BCUT2D eigenvalue weighted by atomic mass is 16.6. The minimum Gasteiger partial charge on any atom is -0.402 e. The van der Waals surface area contributed by atoms with E-state index in [1.54, 1.807) is 12.1 Å². The van der Waals surface area contributed by atoms with Gasteiger partial charge < -0.3 is 4.74 Å². The fraction of sp³-hybridized carbons (Fsp3) is 0. The molecular weight excluding hydrogens is 332 g/mol. The summed E-state index contributed by atoms with van der Waals surface area (Å²) in [6.45, 7) is 0. The fourth-order valence-electron chi connectivity index (χ4n) is 2.08. The van der Waals surface area contributed by atoms with Gasteiger partial charge in [-0.05, 0) is 23.8 Å². The number of carbonyl (C=O) groups excluding carboxylic acids is 1. The second-order valence-corrected chi connectivity index (χ2v) is 4.87. The first-order valence-corrected chi connectivity index (χ1v) is 6.81. The van der Waals surface area contributed by atoms with E-state index in [2.05, 4.69) is 9.98 Å². The van der Waals surface area contributed by atoms with Crippen molar-refractivity contribution in [2.45, 2.75) is 0 Å². The van der Waals surface area contributed by atoms with Crippen LogP contribution in [0.3, 0.4) is 0 Å². The molecule has 0 unspecified atom stereocenters. The van der Waals surface area contributed by atoms with Gasteiger partial charge >= 0.3 is 5.97 Å². The van der Waals surface area contributed by atoms with E-state index in [1.807, 2.05) is 0 Å². The SMILES string of the molecule is O=C1OC(c2cc([N+](=O)[O-])cc([N+](=O)[O-])c2)=N/C1=C/c1ccncc1. The van der Waals surface area contributed by atoms with Crippen LogP contribution >= 0.6 is 0 Å². The van der Waals surface area contributed by atoms with Crippen LogP contribution in [-0.4, -0.2) is 26.7 Å². The molecule has 10 heteroatoms. The third kappa shape index (κ3) is 3.37. The van der Waals surface area contributed by atoms with E-state index in [0.717, 1.165) is 18.2 Å². The molecule has 2 heterocycles. The largest absolute Gasteiger partial charge is 0.402 e. The van der Waals surface area contributed by atoms with E-state index in [9.17, 15) is 25.0 Å². The Kier molecular flexibility index (Phi) is 4.00. The van der Waals surface area contributed by atoms with Crippen molar-refractivity contribution in [1.82, 2.24) is 4.98 Å². The number of non-ortho nitro benzene ring substituents is 2. The summed E-state index contributed by atoms with van der Waals surface area (Å²) in [5.74, 6) is -1.00. The Morgan fingerprint density at radius 3 is 2.16 bits per heavy atom. The number of nitro groups is 2. The van der Waals surface area contributed by atoms with Gasteiger partial charge in [-0.15, -0.1) is 0 Å². The first-order valence-electron chi connectivity index (χ1n) is 6.81. The smallest absolute Gasteiger partial charge is 0.363 e. The van der Waals surface area contributed by atoms with E-state index in [0.29, 0.717) is 5.56 Å². The Morgan fingerprint density at radius 2 is 1.60 bits per heavy atom. The van der Waals surface area contributed by atoms with Crippen molar-refractivity contribution in [3.63, 3.8) is 0 Å². The summed E-state index contributed by atoms with van der Waals surface area (Å²) in [6.07, 6.45) is 4.51. The highest BCUT2D eigenvalue weighted by Gasteiger charge is 2.27. The van der Waals surface area contributed by atoms with Crippen LogP contribution in [0.5, 0.6) is 0 Å². The summed E-state index contributed by atoms with van der Waals surface area (Å²) in [5, 5.41) is 21.9. The number of ether oxygens (including phenoxy) is 1. The van der Waals surface area contributed by atoms with Crippen LogP contribution in [-0.2, 0) is 9.53 Å². The molecule has 0 spiro atoms. The van der Waals surface area contributed by atoms with E-state index in [-0.39, 0.29) is 17.2 Å². The predicted molar refractivity (Wildman–Crippen MR) is 84.6 cm³/mol. The molecule has 10 nitrogen and oxygen atoms in total. The third-order valence-corrected chi connectivity index (χ3v) is 3.20. The number of hydrogen-bond donors (Lipinski definition) is 0. The molecule has 3 rings (SSSR count). The lowest BCUT2D eigenvalue weighted by atomic mass is 10.1. The molecule has 1 aliphatic rings. The molecule has 0 saturated carbocycles. The molecule has 0 N–H and O–H groups in total. The molecule has 1 aromatic carbocycles. The summed E-state index contributed by atoms with van der Waals surface area (Å²) in [5.41, 5.74) is -0.427. The quantitative estimate of drug-likeness (QED) is 0.360. The third-order valence-electron chi connectivity index (χ3n) is 3.20. The minimum absolute atomic E-state index is 0.0321. The molecule has 1 aromatic heterocycles. The van der Waals surface area contributed by atoms with E-state index in [1.165, 1.54) is 18.5 Å². The van der Waals surface area contributed by atoms with Gasteiger partial charge in [0.1, 0.15) is 0 Å². The van der Waals surface area contributed by atoms with Crippen LogP contribution in [0.25, 0.3) is 6.08 Å². The van der Waals surface area contributed by atoms with Gasteiger partial charge in [-0.3, -0.25) is 25.2 Å². The Morgan fingerprint density at radius 1 is 1.00 bits per heavy atom. The lowest BCUT2D eigenvalue weighted by molar-refractivity contribution is -0.394. The molecule has 0 bridgehead atoms. The van der Waals surface area contributed by atoms with Gasteiger partial charge in [0.15, 0.2) is 5.70 Å². The summed E-state index contributed by atoms with van der Waals surface area (Å²) in [7, 11) is 0. The second-order valence-electron chi connectivity index (χ2n) is 4.87. The normalized spacial score (nSPS) is 15.0. The number of aromatic nitrogens is 1. The fourth-order valence-corrected chi connectivity index (χ4v) is 2.08. The number of nitro benzene ring substituents is 2. The average Bonchev–Trinajstić information content (AvgIpc) is 2.96. The molecule has 0 amide bonds. The van der Waals surface area contributed by atoms with Crippen molar-refractivity contribution < 1.29 is 19.4 Å². The summed E-state index contributed by atoms with van der Waals surface area (Å²) < 4.78 is 4.98. The zero-order chi connectivity index (χ0) is 18.0. The number of cyclic esters (lactones) is 1. The topological polar surface area (TPSA) is 138 Å². The van der Waals surface area contributed by atoms with Gasteiger partial charge in [-0.1, -0.05) is 0 Å². The number of hydrogen-bond acceptors (Lipinski definition) is 8. The Balaban J connectivity index is 2.03. The number of benzene rings is 1. The summed E-state index contributed by atoms with van der Waals surface area (Å²) in [4.78, 5) is 40.0. The zero-order valence-corrected chi connectivity index (χ0v) is 12.4. The van der Waals surface area contributed by atoms with Gasteiger partial charge in [0.25, 0.3) is 11.4 Å². The number of esters is 1. The monoisotopic (exact) mass is 340 g/mol. The van der Waals surface area contributed by atoms with E-state index >= 15 is 0 Å². The standard InChI is InChI=1S/C15H8N4O6/c20-15-13(5-9-1-3-16-4-2-9)17-14(25-15)10-6-11(18(21)22)8-12(7-10)19(23)24/h1-8H/b13-5+. The lowest BCUT2D eigenvalue weighted by Crippen LogP contribution is -2.06. The maximum Gasteiger partial charge on any atom is 0.363 e. The van der Waals surface area contributed by atoms with Gasteiger partial charge in [0.05, 0.1) is 21.5 Å². The highest BCUT2D eigenvalue weighted by Crippen LogP contribution is 2.26. The second kappa shape index (κ2) is 6.28. The van der Waals surface area contributed by atoms with Crippen LogP contribution in [0.15, 0.2) is 53.4 Å². The van der Waals surface area contributed by atoms with Crippen LogP contribution in [0.4, 0.5) is 11.4 Å². The van der Waals surface area contributed by atoms with E-state index in [4.69, 9.17) is 4.74 Å². The van der Waals surface area contributed by atoms with Crippen molar-refractivity contribution in [3.05, 3.63) is 79.8 Å². The average molecular weight is 340 g/mol. The molecule has 0 radical (unpaired) electrons. The van der Waals surface area contributed by atoms with Crippen LogP contribution in [0.2, 0.25) is 0 Å². The van der Waals surface area contributed by atoms with Crippen molar-refractivity contribution in [2.75, 3.05) is 0 Å². The Hall–Kier alpha value is -3.95. The maximum atomic E-state index is 11.9. The summed E-state index contributed by atoms with van der Waals surface area (Å²) >= 11 is 0. The molecule has 1 aliphatic heterocycles. The molecule has 0 atom stereocenters. The van der Waals surface area contributed by atoms with Crippen LogP contribution in [0.1, 0.15) is 11.1 Å². The molecule has 25 heavy (non-hydrogen) atoms. The van der Waals surface area contributed by atoms with Gasteiger partial charge in [0, 0.05) is 24.5 Å². The predicted octanol–water partition coefficient (Wildman–Crippen LogP) is 2.24. The zero-order valence-electron chi connectivity index (χ0n) is 12.4. The van der Waals surface area contributed by atoms with Gasteiger partial charge in [0.2, 0.25) is 5.90 Å². The molecule has 2 aromatic rings. The maximum absolute atomic E-state index is 11.9. The molecule has 0 saturated heterocycles. The number of rotatable bonds is 4. The first kappa shape index (κ1) is 15.9. The van der Waals surface area contributed by atoms with Crippen LogP contribution < -0.4 is 0 Å². The van der Waals surface area contributed by atoms with Crippen molar-refractivity contribution >= 4 is 29.3 Å². The van der Waals surface area contributed by atoms with Crippen molar-refractivity contribution in [2.24, 2.45) is 4.99 Å². The molecule has 0 aliphatic carbocycles. The lowest BCUT2D eigenvalue weighted by Gasteiger charge is -2.00. The van der Waals surface area contributed by atoms with E-state index < -0.39 is 27.2 Å². The number of pyridine rings is 1. The Labute approximate surface area is 139 Å². The molecular formula is C15H8N4O6. The van der Waals surface area contributed by atoms with Gasteiger partial charge in [-0.25, -0.2) is 9.79 Å². The minimum atomic E-state index is -0.776. The van der Waals surface area contributed by atoms with Crippen LogP contribution in [0, 0.1) is 20.2 Å². The summed E-state index contributed by atoms with van der Waals surface area (Å²) in [6, 6.07) is 6.20. The highest BCUT2D eigenvalue weighted by molar-refractivity contribution is 6.13. The van der Waals surface area contributed by atoms with Gasteiger partial charge in [-0.2, -0.15) is 0 Å². The molecule has 0 fully saturated rings. The first-order chi connectivity index (χ1) is 11.9. The number of aliphatic imine (C=N–C) groups is 1.